The number of aliphatic hydroxyl groups is 1. The first-order chi connectivity index (χ1) is 12.1. The van der Waals surface area contributed by atoms with Gasteiger partial charge in [0.15, 0.2) is 0 Å². The second-order valence-electron chi connectivity index (χ2n) is 9.04. The van der Waals surface area contributed by atoms with Crippen LogP contribution in [0, 0.1) is 29.1 Å². The van der Waals surface area contributed by atoms with Crippen LogP contribution in [0.1, 0.15) is 37.7 Å². The van der Waals surface area contributed by atoms with Crippen molar-refractivity contribution in [3.05, 3.63) is 59.1 Å². The fraction of sp³-hybridized carbons (Fsp3) is 0.478. The van der Waals surface area contributed by atoms with Gasteiger partial charge >= 0.3 is 0 Å². The third kappa shape index (κ3) is 1.65. The van der Waals surface area contributed by atoms with Gasteiger partial charge in [0.2, 0.25) is 0 Å². The molecule has 4 fully saturated rings. The first-order valence-electron chi connectivity index (χ1n) is 9.70. The summed E-state index contributed by atoms with van der Waals surface area (Å²) in [5.74, 6) is 2.49. The maximum Gasteiger partial charge on any atom is 0.0983 e. The number of rotatable bonds is 2. The van der Waals surface area contributed by atoms with Crippen molar-refractivity contribution in [2.75, 3.05) is 0 Å². The molecule has 4 saturated carbocycles. The molecule has 0 radical (unpaired) electrons. The molecule has 2 aromatic rings. The van der Waals surface area contributed by atoms with Gasteiger partial charge in [-0.15, -0.1) is 0 Å². The van der Waals surface area contributed by atoms with Crippen LogP contribution in [-0.2, 0) is 5.60 Å². The highest BCUT2D eigenvalue weighted by Gasteiger charge is 2.78. The van der Waals surface area contributed by atoms with Crippen LogP contribution < -0.4 is 0 Å². The van der Waals surface area contributed by atoms with Crippen LogP contribution in [0.25, 0.3) is 11.1 Å². The zero-order valence-electron chi connectivity index (χ0n) is 14.3. The lowest BCUT2D eigenvalue weighted by molar-refractivity contribution is -0.235. The normalized spacial score (nSPS) is 43.1. The number of fused-ring (bicyclic) bond motifs is 2. The van der Waals surface area contributed by atoms with Gasteiger partial charge in [-0.25, -0.2) is 0 Å². The van der Waals surface area contributed by atoms with Crippen LogP contribution >= 0.6 is 11.6 Å². The molecule has 1 N–H and O–H groups in total. The molecule has 2 aromatic carbocycles. The smallest absolute Gasteiger partial charge is 0.0983 e. The summed E-state index contributed by atoms with van der Waals surface area (Å²) in [5.41, 5.74) is 2.99. The zero-order chi connectivity index (χ0) is 16.8. The largest absolute Gasteiger partial charge is 0.384 e. The fourth-order valence-electron chi connectivity index (χ4n) is 7.62. The predicted octanol–water partition coefficient (Wildman–Crippen LogP) is 5.65. The first kappa shape index (κ1) is 14.8. The Bertz CT molecular complexity index is 834. The van der Waals surface area contributed by atoms with Crippen molar-refractivity contribution in [1.82, 2.24) is 0 Å². The van der Waals surface area contributed by atoms with E-state index in [2.05, 4.69) is 30.3 Å². The average molecular weight is 351 g/mol. The molecular weight excluding hydrogens is 328 g/mol. The number of benzene rings is 2. The van der Waals surface area contributed by atoms with Crippen LogP contribution in [-0.4, -0.2) is 5.11 Å². The second-order valence-corrected chi connectivity index (χ2v) is 9.45. The molecule has 1 nitrogen and oxygen atoms in total. The van der Waals surface area contributed by atoms with Gasteiger partial charge in [-0.2, -0.15) is 0 Å². The minimum Gasteiger partial charge on any atom is -0.384 e. The standard InChI is InChI=1S/C23H23ClO/c24-18-8-4-7-17(16-5-2-1-3-6-16)21(18)23(25)19-10-14-9-15-11-20(23)22(19,12-14)13-15/h1-8,14-15,19-20,25H,9-13H2. The molecule has 4 aliphatic rings. The molecule has 0 aromatic heterocycles. The van der Waals surface area contributed by atoms with Crippen LogP contribution in [0.15, 0.2) is 48.5 Å². The van der Waals surface area contributed by atoms with Crippen LogP contribution in [0.3, 0.4) is 0 Å². The Kier molecular flexibility index (Phi) is 2.78. The van der Waals surface area contributed by atoms with E-state index in [-0.39, 0.29) is 0 Å². The summed E-state index contributed by atoms with van der Waals surface area (Å²) in [6, 6.07) is 16.6. The fourth-order valence-corrected chi connectivity index (χ4v) is 7.95. The molecule has 0 amide bonds. The summed E-state index contributed by atoms with van der Waals surface area (Å²) < 4.78 is 0. The molecule has 0 aliphatic heterocycles. The third-order valence-electron chi connectivity index (χ3n) is 8.09. The summed E-state index contributed by atoms with van der Waals surface area (Å²) in [5, 5.41) is 12.8. The van der Waals surface area contributed by atoms with Gasteiger partial charge in [-0.05, 0) is 78.4 Å². The van der Waals surface area contributed by atoms with Gasteiger partial charge in [0, 0.05) is 10.6 Å². The van der Waals surface area contributed by atoms with Crippen LogP contribution in [0.2, 0.25) is 5.02 Å². The maximum absolute atomic E-state index is 12.1. The summed E-state index contributed by atoms with van der Waals surface area (Å²) in [4.78, 5) is 0. The molecule has 25 heavy (non-hydrogen) atoms. The van der Waals surface area contributed by atoms with E-state index in [1.807, 2.05) is 18.2 Å². The number of hydrogen-bond donors (Lipinski definition) is 1. The molecule has 128 valence electrons. The third-order valence-corrected chi connectivity index (χ3v) is 8.41. The summed E-state index contributed by atoms with van der Waals surface area (Å²) >= 11 is 6.74. The summed E-state index contributed by atoms with van der Waals surface area (Å²) in [7, 11) is 0. The van der Waals surface area contributed by atoms with E-state index >= 15 is 0 Å². The van der Waals surface area contributed by atoms with E-state index in [4.69, 9.17) is 11.6 Å². The monoisotopic (exact) mass is 350 g/mol. The minimum atomic E-state index is -0.729. The van der Waals surface area contributed by atoms with Gasteiger partial charge in [0.1, 0.15) is 0 Å². The van der Waals surface area contributed by atoms with Crippen molar-refractivity contribution in [2.45, 2.75) is 37.7 Å². The van der Waals surface area contributed by atoms with Crippen LogP contribution in [0.5, 0.6) is 0 Å². The van der Waals surface area contributed by atoms with Gasteiger partial charge in [-0.1, -0.05) is 54.1 Å². The van der Waals surface area contributed by atoms with Crippen molar-refractivity contribution in [2.24, 2.45) is 29.1 Å². The Morgan fingerprint density at radius 1 is 0.840 bits per heavy atom. The average Bonchev–Trinajstić information content (AvgIpc) is 3.03. The van der Waals surface area contributed by atoms with Crippen molar-refractivity contribution in [1.29, 1.82) is 0 Å². The lowest BCUT2D eigenvalue weighted by atomic mass is 9.44. The van der Waals surface area contributed by atoms with Gasteiger partial charge in [0.25, 0.3) is 0 Å². The van der Waals surface area contributed by atoms with Gasteiger partial charge in [0.05, 0.1) is 5.60 Å². The molecule has 2 heteroatoms. The first-order valence-corrected chi connectivity index (χ1v) is 10.1. The Labute approximate surface area is 154 Å². The van der Waals surface area contributed by atoms with E-state index < -0.39 is 5.60 Å². The SMILES string of the molecule is OC1(c2c(Cl)cccc2-c2ccccc2)C2CC3CC4CC1C2(C3)C4. The summed E-state index contributed by atoms with van der Waals surface area (Å²) in [6.07, 6.45) is 6.50. The maximum atomic E-state index is 12.1. The topological polar surface area (TPSA) is 20.2 Å². The molecular formula is C23H23ClO. The van der Waals surface area contributed by atoms with E-state index in [0.29, 0.717) is 17.3 Å². The molecule has 0 saturated heterocycles. The van der Waals surface area contributed by atoms with Crippen LogP contribution in [0.4, 0.5) is 0 Å². The number of halogens is 1. The van der Waals surface area contributed by atoms with E-state index in [1.165, 1.54) is 32.1 Å². The second kappa shape index (κ2) is 4.69. The molecule has 3 bridgehead atoms. The minimum absolute atomic E-state index is 0.407. The quantitative estimate of drug-likeness (QED) is 0.741. The summed E-state index contributed by atoms with van der Waals surface area (Å²) in [6.45, 7) is 0. The van der Waals surface area contributed by atoms with Crippen molar-refractivity contribution in [3.63, 3.8) is 0 Å². The van der Waals surface area contributed by atoms with E-state index in [1.54, 1.807) is 0 Å². The van der Waals surface area contributed by atoms with Crippen molar-refractivity contribution in [3.8, 4) is 11.1 Å². The highest BCUT2D eigenvalue weighted by atomic mass is 35.5. The van der Waals surface area contributed by atoms with Gasteiger partial charge < -0.3 is 5.11 Å². The van der Waals surface area contributed by atoms with E-state index in [0.717, 1.165) is 33.5 Å². The molecule has 4 unspecified atom stereocenters. The van der Waals surface area contributed by atoms with Gasteiger partial charge in [-0.3, -0.25) is 0 Å². The molecule has 6 rings (SSSR count). The van der Waals surface area contributed by atoms with E-state index in [9.17, 15) is 5.11 Å². The Morgan fingerprint density at radius 2 is 1.52 bits per heavy atom. The Balaban J connectivity index is 1.55. The van der Waals surface area contributed by atoms with Crippen molar-refractivity contribution >= 4 is 11.6 Å². The van der Waals surface area contributed by atoms with Crippen molar-refractivity contribution < 1.29 is 5.11 Å². The molecule has 4 atom stereocenters. The molecule has 4 aliphatic carbocycles. The highest BCUT2D eigenvalue weighted by molar-refractivity contribution is 6.32. The Hall–Kier alpha value is -1.31. The lowest BCUT2D eigenvalue weighted by Crippen LogP contribution is -2.63. The lowest BCUT2D eigenvalue weighted by Gasteiger charge is -2.62. The molecule has 0 heterocycles. The molecule has 1 spiro atoms. The highest BCUT2D eigenvalue weighted by Crippen LogP contribution is 2.81. The zero-order valence-corrected chi connectivity index (χ0v) is 15.0. The Morgan fingerprint density at radius 3 is 2.20 bits per heavy atom. The number of hydrogen-bond acceptors (Lipinski definition) is 1. The predicted molar refractivity (Wildman–Crippen MR) is 100 cm³/mol.